The number of rotatable bonds is 5. The normalized spacial score (nSPS) is 15.8. The van der Waals surface area contributed by atoms with Gasteiger partial charge in [-0.1, -0.05) is 36.4 Å². The lowest BCUT2D eigenvalue weighted by atomic mass is 10.1. The number of hydrogen-bond acceptors (Lipinski definition) is 6. The maximum Gasteiger partial charge on any atom is 0.339 e. The van der Waals surface area contributed by atoms with E-state index in [0.717, 1.165) is 18.4 Å². The van der Waals surface area contributed by atoms with Crippen LogP contribution in [0.3, 0.4) is 0 Å². The topological polar surface area (TPSA) is 77.3 Å². The molecule has 3 aromatic heterocycles. The Kier molecular flexibility index (Phi) is 5.68. The first-order valence-corrected chi connectivity index (χ1v) is 11.8. The number of carbonyl (C=O) groups excluding carboxylic acids is 2. The number of likely N-dealkylation sites (tertiary alicyclic amines) is 1. The molecule has 1 atom stereocenters. The van der Waals surface area contributed by atoms with Crippen molar-refractivity contribution in [2.75, 3.05) is 13.2 Å². The Morgan fingerprint density at radius 2 is 2.00 bits per heavy atom. The van der Waals surface area contributed by atoms with E-state index in [0.29, 0.717) is 34.5 Å². The number of fused-ring (bicyclic) bond motifs is 1. The van der Waals surface area contributed by atoms with Gasteiger partial charge in [0.05, 0.1) is 28.4 Å². The van der Waals surface area contributed by atoms with E-state index in [1.165, 1.54) is 4.88 Å². The fourth-order valence-corrected chi connectivity index (χ4v) is 5.37. The highest BCUT2D eigenvalue weighted by Gasteiger charge is 2.31. The van der Waals surface area contributed by atoms with E-state index < -0.39 is 5.97 Å². The molecule has 7 nitrogen and oxygen atoms in total. The Hall–Kier alpha value is -3.52. The van der Waals surface area contributed by atoms with Crippen LogP contribution in [0.2, 0.25) is 0 Å². The highest BCUT2D eigenvalue weighted by Crippen LogP contribution is 2.34. The van der Waals surface area contributed by atoms with Crippen LogP contribution < -0.4 is 0 Å². The number of thiophene rings is 1. The van der Waals surface area contributed by atoms with Crippen LogP contribution in [-0.4, -0.2) is 44.7 Å². The molecule has 1 aliphatic rings. The van der Waals surface area contributed by atoms with Crippen LogP contribution in [0, 0.1) is 6.92 Å². The summed E-state index contributed by atoms with van der Waals surface area (Å²) in [6, 6.07) is 15.5. The quantitative estimate of drug-likeness (QED) is 0.409. The van der Waals surface area contributed by atoms with E-state index in [4.69, 9.17) is 9.72 Å². The standard InChI is InChI=1S/C25H24N4O3S/c1-16-23-18(14-19(17-8-4-3-5-9-17)26-24(23)28(2)27-16)25(31)32-15-22(30)29-12-6-10-20(29)21-11-7-13-33-21/h3-5,7-9,11,13-14,20H,6,10,12,15H2,1-2H3. The van der Waals surface area contributed by atoms with Crippen molar-refractivity contribution in [1.29, 1.82) is 0 Å². The Balaban J connectivity index is 1.41. The fourth-order valence-electron chi connectivity index (χ4n) is 4.49. The largest absolute Gasteiger partial charge is 0.452 e. The zero-order valence-electron chi connectivity index (χ0n) is 18.5. The van der Waals surface area contributed by atoms with E-state index in [2.05, 4.69) is 11.2 Å². The number of aryl methyl sites for hydroxylation is 2. The van der Waals surface area contributed by atoms with E-state index in [-0.39, 0.29) is 18.6 Å². The summed E-state index contributed by atoms with van der Waals surface area (Å²) in [5.74, 6) is -0.716. The highest BCUT2D eigenvalue weighted by atomic mass is 32.1. The Morgan fingerprint density at radius 3 is 2.76 bits per heavy atom. The number of carbonyl (C=O) groups is 2. The van der Waals surface area contributed by atoms with E-state index in [1.54, 1.807) is 29.1 Å². The second kappa shape index (κ2) is 8.78. The smallest absolute Gasteiger partial charge is 0.339 e. The van der Waals surface area contributed by atoms with Crippen molar-refractivity contribution >= 4 is 34.2 Å². The number of amides is 1. The summed E-state index contributed by atoms with van der Waals surface area (Å²) in [7, 11) is 1.80. The van der Waals surface area contributed by atoms with Gasteiger partial charge in [0.2, 0.25) is 0 Å². The van der Waals surface area contributed by atoms with Gasteiger partial charge in [-0.25, -0.2) is 9.78 Å². The van der Waals surface area contributed by atoms with Crippen LogP contribution in [-0.2, 0) is 16.6 Å². The summed E-state index contributed by atoms with van der Waals surface area (Å²) in [6.45, 7) is 2.23. The van der Waals surface area contributed by atoms with Crippen LogP contribution in [0.4, 0.5) is 0 Å². The zero-order valence-corrected chi connectivity index (χ0v) is 19.3. The molecule has 0 spiro atoms. The summed E-state index contributed by atoms with van der Waals surface area (Å²) in [5.41, 5.74) is 3.20. The second-order valence-electron chi connectivity index (χ2n) is 8.17. The minimum atomic E-state index is -0.545. The van der Waals surface area contributed by atoms with Gasteiger partial charge in [-0.2, -0.15) is 5.10 Å². The molecule has 1 amide bonds. The lowest BCUT2D eigenvalue weighted by Gasteiger charge is -2.23. The third-order valence-corrected chi connectivity index (χ3v) is 7.00. The molecule has 1 saturated heterocycles. The van der Waals surface area contributed by atoms with Gasteiger partial charge in [-0.05, 0) is 37.3 Å². The number of pyridine rings is 1. The molecule has 168 valence electrons. The number of benzene rings is 1. The molecule has 1 unspecified atom stereocenters. The minimum absolute atomic E-state index is 0.0640. The molecule has 1 fully saturated rings. The first kappa shape index (κ1) is 21.3. The fraction of sp³-hybridized carbons (Fsp3) is 0.280. The Bertz CT molecular complexity index is 1310. The molecule has 33 heavy (non-hydrogen) atoms. The summed E-state index contributed by atoms with van der Waals surface area (Å²) in [4.78, 5) is 33.8. The maximum atomic E-state index is 13.2. The highest BCUT2D eigenvalue weighted by molar-refractivity contribution is 7.10. The van der Waals surface area contributed by atoms with Gasteiger partial charge < -0.3 is 9.64 Å². The molecule has 1 aliphatic heterocycles. The molecule has 0 radical (unpaired) electrons. The molecular formula is C25H24N4O3S. The number of nitrogens with zero attached hydrogens (tertiary/aromatic N) is 4. The van der Waals surface area contributed by atoms with Gasteiger partial charge in [-0.15, -0.1) is 11.3 Å². The second-order valence-corrected chi connectivity index (χ2v) is 9.14. The average molecular weight is 461 g/mol. The van der Waals surface area contributed by atoms with Gasteiger partial charge in [-0.3, -0.25) is 9.48 Å². The first-order chi connectivity index (χ1) is 16.0. The molecule has 8 heteroatoms. The lowest BCUT2D eigenvalue weighted by Crippen LogP contribution is -2.34. The van der Waals surface area contributed by atoms with Crippen molar-refractivity contribution in [3.8, 4) is 11.3 Å². The summed E-state index contributed by atoms with van der Waals surface area (Å²) < 4.78 is 7.20. The summed E-state index contributed by atoms with van der Waals surface area (Å²) in [5, 5.41) is 7.10. The zero-order chi connectivity index (χ0) is 22.9. The van der Waals surface area contributed by atoms with Crippen molar-refractivity contribution in [3.63, 3.8) is 0 Å². The van der Waals surface area contributed by atoms with Crippen molar-refractivity contribution in [1.82, 2.24) is 19.7 Å². The summed E-state index contributed by atoms with van der Waals surface area (Å²) >= 11 is 1.65. The predicted octanol–water partition coefficient (Wildman–Crippen LogP) is 4.53. The van der Waals surface area contributed by atoms with Gasteiger partial charge >= 0.3 is 5.97 Å². The average Bonchev–Trinajstić information content (AvgIpc) is 3.58. The molecule has 5 rings (SSSR count). The van der Waals surface area contributed by atoms with Crippen LogP contribution in [0.1, 0.15) is 39.8 Å². The molecule has 0 bridgehead atoms. The van der Waals surface area contributed by atoms with Gasteiger partial charge in [0.15, 0.2) is 12.3 Å². The van der Waals surface area contributed by atoms with Crippen LogP contribution in [0.15, 0.2) is 53.9 Å². The van der Waals surface area contributed by atoms with Gasteiger partial charge in [0.25, 0.3) is 5.91 Å². The summed E-state index contributed by atoms with van der Waals surface area (Å²) in [6.07, 6.45) is 1.88. The predicted molar refractivity (Wildman–Crippen MR) is 127 cm³/mol. The monoisotopic (exact) mass is 460 g/mol. The molecule has 0 saturated carbocycles. The van der Waals surface area contributed by atoms with Crippen molar-refractivity contribution in [2.45, 2.75) is 25.8 Å². The van der Waals surface area contributed by atoms with Crippen LogP contribution in [0.5, 0.6) is 0 Å². The SMILES string of the molecule is Cc1nn(C)c2nc(-c3ccccc3)cc(C(=O)OCC(=O)N3CCCC3c3cccs3)c12. The van der Waals surface area contributed by atoms with Crippen molar-refractivity contribution in [3.05, 3.63) is 70.0 Å². The number of hydrogen-bond donors (Lipinski definition) is 0. The molecular weight excluding hydrogens is 436 g/mol. The van der Waals surface area contributed by atoms with Gasteiger partial charge in [0, 0.05) is 24.0 Å². The molecule has 1 aromatic carbocycles. The lowest BCUT2D eigenvalue weighted by molar-refractivity contribution is -0.135. The third-order valence-electron chi connectivity index (χ3n) is 6.03. The minimum Gasteiger partial charge on any atom is -0.452 e. The Morgan fingerprint density at radius 1 is 1.18 bits per heavy atom. The van der Waals surface area contributed by atoms with E-state index >= 15 is 0 Å². The van der Waals surface area contributed by atoms with Gasteiger partial charge in [0.1, 0.15) is 0 Å². The molecule has 4 heterocycles. The Labute approximate surface area is 195 Å². The number of aromatic nitrogens is 3. The third kappa shape index (κ3) is 4.02. The van der Waals surface area contributed by atoms with Crippen molar-refractivity contribution in [2.24, 2.45) is 7.05 Å². The van der Waals surface area contributed by atoms with E-state index in [9.17, 15) is 9.59 Å². The number of ether oxygens (including phenoxy) is 1. The molecule has 0 aliphatic carbocycles. The first-order valence-electron chi connectivity index (χ1n) is 10.9. The number of esters is 1. The van der Waals surface area contributed by atoms with Crippen LogP contribution >= 0.6 is 11.3 Å². The van der Waals surface area contributed by atoms with Crippen molar-refractivity contribution < 1.29 is 14.3 Å². The van der Waals surface area contributed by atoms with E-state index in [1.807, 2.05) is 53.6 Å². The molecule has 4 aromatic rings. The van der Waals surface area contributed by atoms with Crippen LogP contribution in [0.25, 0.3) is 22.3 Å². The maximum absolute atomic E-state index is 13.2. The molecule has 0 N–H and O–H groups in total.